The maximum Gasteiger partial charge on any atom is 0.293 e. The Balaban J connectivity index is 1.64. The van der Waals surface area contributed by atoms with Crippen molar-refractivity contribution in [1.29, 1.82) is 0 Å². The first-order valence-corrected chi connectivity index (χ1v) is 8.19. The summed E-state index contributed by atoms with van der Waals surface area (Å²) in [5, 5.41) is 7.89. The molecule has 1 atom stereocenters. The second-order valence-corrected chi connectivity index (χ2v) is 5.97. The molecule has 0 bridgehead atoms. The Morgan fingerprint density at radius 2 is 2.26 bits per heavy atom. The summed E-state index contributed by atoms with van der Waals surface area (Å²) in [5.74, 6) is 0.556. The van der Waals surface area contributed by atoms with Gasteiger partial charge in [0.1, 0.15) is 0 Å². The van der Waals surface area contributed by atoms with Gasteiger partial charge in [-0.3, -0.25) is 9.48 Å². The van der Waals surface area contributed by atoms with Crippen LogP contribution >= 0.6 is 0 Å². The molecule has 2 aromatic heterocycles. The summed E-state index contributed by atoms with van der Waals surface area (Å²) in [5.41, 5.74) is 1.16. The SMILES string of the molecule is CCn1nccc1CN[C@H]1CCCN(c2nccn(C)c2=O)C1. The van der Waals surface area contributed by atoms with E-state index in [0.29, 0.717) is 11.9 Å². The number of nitrogens with one attached hydrogen (secondary N) is 1. The lowest BCUT2D eigenvalue weighted by molar-refractivity contribution is 0.411. The van der Waals surface area contributed by atoms with Crippen LogP contribution in [0, 0.1) is 0 Å². The largest absolute Gasteiger partial charge is 0.350 e. The van der Waals surface area contributed by atoms with E-state index in [1.165, 1.54) is 5.69 Å². The fraction of sp³-hybridized carbons (Fsp3) is 0.562. The topological polar surface area (TPSA) is 68.0 Å². The van der Waals surface area contributed by atoms with Crippen LogP contribution in [0.5, 0.6) is 0 Å². The molecule has 3 heterocycles. The molecule has 0 radical (unpaired) electrons. The third-order valence-electron chi connectivity index (χ3n) is 4.40. The molecule has 7 heteroatoms. The van der Waals surface area contributed by atoms with Crippen LogP contribution in [0.3, 0.4) is 0 Å². The highest BCUT2D eigenvalue weighted by atomic mass is 16.1. The molecule has 1 saturated heterocycles. The standard InChI is InChI=1S/C16H24N6O/c1-3-22-14(6-7-19-22)11-18-13-5-4-9-21(12-13)15-16(23)20(2)10-8-17-15/h6-8,10,13,18H,3-5,9,11-12H2,1-2H3/t13-/m0/s1. The highest BCUT2D eigenvalue weighted by Gasteiger charge is 2.22. The van der Waals surface area contributed by atoms with Crippen molar-refractivity contribution in [2.45, 2.75) is 38.9 Å². The van der Waals surface area contributed by atoms with Crippen LogP contribution in [0.25, 0.3) is 0 Å². The van der Waals surface area contributed by atoms with Gasteiger partial charge in [0.25, 0.3) is 5.56 Å². The molecule has 0 spiro atoms. The van der Waals surface area contributed by atoms with Crippen molar-refractivity contribution in [3.63, 3.8) is 0 Å². The van der Waals surface area contributed by atoms with Crippen molar-refractivity contribution in [1.82, 2.24) is 24.6 Å². The fourth-order valence-electron chi connectivity index (χ4n) is 3.08. The van der Waals surface area contributed by atoms with E-state index in [2.05, 4.69) is 27.2 Å². The molecule has 0 aromatic carbocycles. The molecular weight excluding hydrogens is 292 g/mol. The van der Waals surface area contributed by atoms with Crippen LogP contribution in [-0.4, -0.2) is 38.5 Å². The van der Waals surface area contributed by atoms with Crippen LogP contribution < -0.4 is 15.8 Å². The predicted molar refractivity (Wildman–Crippen MR) is 89.5 cm³/mol. The van der Waals surface area contributed by atoms with Crippen LogP contribution in [-0.2, 0) is 20.1 Å². The lowest BCUT2D eigenvalue weighted by atomic mass is 10.1. The summed E-state index contributed by atoms with van der Waals surface area (Å²) in [6.07, 6.45) is 7.39. The zero-order chi connectivity index (χ0) is 16.2. The van der Waals surface area contributed by atoms with Gasteiger partial charge in [-0.2, -0.15) is 5.10 Å². The van der Waals surface area contributed by atoms with Crippen molar-refractivity contribution in [2.75, 3.05) is 18.0 Å². The van der Waals surface area contributed by atoms with E-state index in [9.17, 15) is 4.79 Å². The number of hydrogen-bond donors (Lipinski definition) is 1. The first-order valence-electron chi connectivity index (χ1n) is 8.19. The minimum Gasteiger partial charge on any atom is -0.350 e. The Morgan fingerprint density at radius 1 is 1.39 bits per heavy atom. The van der Waals surface area contributed by atoms with Gasteiger partial charge >= 0.3 is 0 Å². The van der Waals surface area contributed by atoms with Gasteiger partial charge in [-0.05, 0) is 25.8 Å². The van der Waals surface area contributed by atoms with Crippen molar-refractivity contribution in [3.8, 4) is 0 Å². The van der Waals surface area contributed by atoms with Crippen molar-refractivity contribution in [3.05, 3.63) is 40.7 Å². The summed E-state index contributed by atoms with van der Waals surface area (Å²) in [4.78, 5) is 18.6. The van der Waals surface area contributed by atoms with Gasteiger partial charge in [0.2, 0.25) is 0 Å². The molecule has 0 saturated carbocycles. The lowest BCUT2D eigenvalue weighted by Crippen LogP contribution is -2.47. The van der Waals surface area contributed by atoms with Crippen molar-refractivity contribution in [2.24, 2.45) is 7.05 Å². The van der Waals surface area contributed by atoms with E-state index in [4.69, 9.17) is 0 Å². The van der Waals surface area contributed by atoms with Gasteiger partial charge in [0, 0.05) is 57.9 Å². The van der Waals surface area contributed by atoms with Crippen LogP contribution in [0.15, 0.2) is 29.5 Å². The summed E-state index contributed by atoms with van der Waals surface area (Å²) < 4.78 is 3.58. The second kappa shape index (κ2) is 6.95. The molecule has 23 heavy (non-hydrogen) atoms. The van der Waals surface area contributed by atoms with E-state index in [1.807, 2.05) is 16.9 Å². The lowest BCUT2D eigenvalue weighted by Gasteiger charge is -2.33. The highest BCUT2D eigenvalue weighted by molar-refractivity contribution is 5.36. The molecular formula is C16H24N6O. The van der Waals surface area contributed by atoms with E-state index in [-0.39, 0.29) is 5.56 Å². The van der Waals surface area contributed by atoms with E-state index in [0.717, 1.165) is 39.0 Å². The maximum atomic E-state index is 12.2. The summed E-state index contributed by atoms with van der Waals surface area (Å²) in [6, 6.07) is 2.40. The fourth-order valence-corrected chi connectivity index (χ4v) is 3.08. The third kappa shape index (κ3) is 3.44. The maximum absolute atomic E-state index is 12.2. The Labute approximate surface area is 135 Å². The molecule has 1 N–H and O–H groups in total. The quantitative estimate of drug-likeness (QED) is 0.882. The smallest absolute Gasteiger partial charge is 0.293 e. The van der Waals surface area contributed by atoms with Gasteiger partial charge in [0.15, 0.2) is 5.82 Å². The number of rotatable bonds is 5. The first kappa shape index (κ1) is 15.7. The van der Waals surface area contributed by atoms with Crippen LogP contribution in [0.2, 0.25) is 0 Å². The molecule has 3 rings (SSSR count). The molecule has 0 unspecified atom stereocenters. The molecule has 2 aromatic rings. The van der Waals surface area contributed by atoms with Gasteiger partial charge in [-0.25, -0.2) is 4.98 Å². The average Bonchev–Trinajstić information content (AvgIpc) is 3.03. The molecule has 0 aliphatic carbocycles. The number of nitrogens with zero attached hydrogens (tertiary/aromatic N) is 5. The molecule has 124 valence electrons. The zero-order valence-corrected chi connectivity index (χ0v) is 13.8. The number of aryl methyl sites for hydroxylation is 2. The number of anilines is 1. The van der Waals surface area contributed by atoms with Gasteiger partial charge < -0.3 is 14.8 Å². The molecule has 0 amide bonds. The number of piperidine rings is 1. The van der Waals surface area contributed by atoms with Crippen LogP contribution in [0.1, 0.15) is 25.5 Å². The Morgan fingerprint density at radius 3 is 3.09 bits per heavy atom. The van der Waals surface area contributed by atoms with Crippen molar-refractivity contribution >= 4 is 5.82 Å². The summed E-state index contributed by atoms with van der Waals surface area (Å²) >= 11 is 0. The van der Waals surface area contributed by atoms with Gasteiger partial charge in [-0.15, -0.1) is 0 Å². The minimum atomic E-state index is -0.0304. The van der Waals surface area contributed by atoms with E-state index >= 15 is 0 Å². The van der Waals surface area contributed by atoms with E-state index in [1.54, 1.807) is 24.0 Å². The Kier molecular flexibility index (Phi) is 4.76. The van der Waals surface area contributed by atoms with Crippen LogP contribution in [0.4, 0.5) is 5.82 Å². The average molecular weight is 316 g/mol. The number of aromatic nitrogens is 4. The second-order valence-electron chi connectivity index (χ2n) is 5.97. The first-order chi connectivity index (χ1) is 11.2. The summed E-state index contributed by atoms with van der Waals surface area (Å²) in [7, 11) is 1.76. The van der Waals surface area contributed by atoms with Gasteiger partial charge in [-0.1, -0.05) is 0 Å². The van der Waals surface area contributed by atoms with Gasteiger partial charge in [0.05, 0.1) is 5.69 Å². The molecule has 7 nitrogen and oxygen atoms in total. The van der Waals surface area contributed by atoms with E-state index < -0.39 is 0 Å². The normalized spacial score (nSPS) is 18.3. The Hall–Kier alpha value is -2.15. The highest BCUT2D eigenvalue weighted by Crippen LogP contribution is 2.15. The molecule has 1 aliphatic rings. The Bertz CT molecular complexity index is 707. The minimum absolute atomic E-state index is 0.0304. The zero-order valence-electron chi connectivity index (χ0n) is 13.8. The van der Waals surface area contributed by atoms with Crippen molar-refractivity contribution < 1.29 is 0 Å². The predicted octanol–water partition coefficient (Wildman–Crippen LogP) is 0.755. The number of hydrogen-bond acceptors (Lipinski definition) is 5. The monoisotopic (exact) mass is 316 g/mol. The summed E-state index contributed by atoms with van der Waals surface area (Å²) in [6.45, 7) is 5.47. The molecule has 1 aliphatic heterocycles. The molecule has 1 fully saturated rings. The third-order valence-corrected chi connectivity index (χ3v) is 4.40.